The van der Waals surface area contributed by atoms with E-state index in [2.05, 4.69) is 10.1 Å². The predicted molar refractivity (Wildman–Crippen MR) is 109 cm³/mol. The van der Waals surface area contributed by atoms with Gasteiger partial charge in [0.2, 0.25) is 0 Å². The van der Waals surface area contributed by atoms with Crippen LogP contribution in [0.1, 0.15) is 17.1 Å². The highest BCUT2D eigenvalue weighted by molar-refractivity contribution is 5.80. The van der Waals surface area contributed by atoms with Crippen LogP contribution in [0.2, 0.25) is 0 Å². The van der Waals surface area contributed by atoms with Gasteiger partial charge >= 0.3 is 0 Å². The summed E-state index contributed by atoms with van der Waals surface area (Å²) in [5, 5.41) is 4.84. The second-order valence-electron chi connectivity index (χ2n) is 6.52. The average Bonchev–Trinajstić information content (AvgIpc) is 2.91. The van der Waals surface area contributed by atoms with Crippen molar-refractivity contribution in [3.63, 3.8) is 0 Å². The minimum absolute atomic E-state index is 0.129. The van der Waals surface area contributed by atoms with Crippen molar-refractivity contribution in [3.8, 4) is 5.69 Å². The maximum absolute atomic E-state index is 12.8. The molecule has 7 nitrogen and oxygen atoms in total. The molecule has 0 saturated heterocycles. The molecule has 2 aromatic carbocycles. The lowest BCUT2D eigenvalue weighted by Gasteiger charge is -2.08. The SMILES string of the molecule is Cc1c(C=Nn2c(C)nc3ccccc3c2=O)n(C)n(-c2ccccc2)c1=O. The first-order valence-electron chi connectivity index (χ1n) is 8.86. The van der Waals surface area contributed by atoms with Crippen molar-refractivity contribution < 1.29 is 0 Å². The van der Waals surface area contributed by atoms with Crippen molar-refractivity contribution in [2.24, 2.45) is 12.1 Å². The van der Waals surface area contributed by atoms with E-state index in [4.69, 9.17) is 0 Å². The third kappa shape index (κ3) is 2.77. The molecule has 0 fully saturated rings. The molecule has 0 unspecified atom stereocenters. The second-order valence-corrected chi connectivity index (χ2v) is 6.52. The fraction of sp³-hybridized carbons (Fsp3) is 0.143. The molecule has 0 atom stereocenters. The Morgan fingerprint density at radius 1 is 0.929 bits per heavy atom. The Balaban J connectivity index is 1.85. The predicted octanol–water partition coefficient (Wildman–Crippen LogP) is 2.38. The van der Waals surface area contributed by atoms with E-state index in [9.17, 15) is 9.59 Å². The van der Waals surface area contributed by atoms with Crippen LogP contribution in [0.25, 0.3) is 16.6 Å². The molecular weight excluding hydrogens is 354 g/mol. The minimum Gasteiger partial charge on any atom is -0.279 e. The zero-order chi connectivity index (χ0) is 19.8. The molecular formula is C21H19N5O2. The van der Waals surface area contributed by atoms with Crippen molar-refractivity contribution in [1.29, 1.82) is 0 Å². The standard InChI is InChI=1S/C21H19N5O2/c1-14-19(24(3)26(20(14)27)16-9-5-4-6-10-16)13-22-25-15(2)23-18-12-8-7-11-17(18)21(25)28/h4-13H,1-3H3. The molecule has 28 heavy (non-hydrogen) atoms. The van der Waals surface area contributed by atoms with Crippen molar-refractivity contribution >= 4 is 17.1 Å². The summed E-state index contributed by atoms with van der Waals surface area (Å²) in [7, 11) is 1.79. The van der Waals surface area contributed by atoms with Gasteiger partial charge in [-0.25, -0.2) is 9.67 Å². The molecule has 0 amide bonds. The summed E-state index contributed by atoms with van der Waals surface area (Å²) < 4.78 is 4.56. The molecule has 4 aromatic rings. The van der Waals surface area contributed by atoms with Gasteiger partial charge in [0, 0.05) is 12.6 Å². The molecule has 0 radical (unpaired) electrons. The van der Waals surface area contributed by atoms with Gasteiger partial charge in [-0.2, -0.15) is 9.78 Å². The number of aryl methyl sites for hydroxylation is 1. The molecule has 2 aromatic heterocycles. The van der Waals surface area contributed by atoms with Crippen LogP contribution in [0.4, 0.5) is 0 Å². The normalized spacial score (nSPS) is 11.5. The van der Waals surface area contributed by atoms with E-state index < -0.39 is 0 Å². The zero-order valence-corrected chi connectivity index (χ0v) is 15.8. The fourth-order valence-electron chi connectivity index (χ4n) is 3.28. The summed E-state index contributed by atoms with van der Waals surface area (Å²) in [4.78, 5) is 29.9. The van der Waals surface area contributed by atoms with E-state index in [1.807, 2.05) is 36.4 Å². The summed E-state index contributed by atoms with van der Waals surface area (Å²) in [5.41, 5.74) is 2.19. The Bertz CT molecular complexity index is 1330. The molecule has 0 spiro atoms. The number of fused-ring (bicyclic) bond motifs is 1. The molecule has 0 saturated carbocycles. The summed E-state index contributed by atoms with van der Waals surface area (Å²) >= 11 is 0. The first-order chi connectivity index (χ1) is 13.5. The fourth-order valence-corrected chi connectivity index (χ4v) is 3.28. The van der Waals surface area contributed by atoms with Crippen molar-refractivity contribution in [2.45, 2.75) is 13.8 Å². The van der Waals surface area contributed by atoms with Crippen LogP contribution >= 0.6 is 0 Å². The van der Waals surface area contributed by atoms with Crippen molar-refractivity contribution in [2.75, 3.05) is 0 Å². The van der Waals surface area contributed by atoms with Gasteiger partial charge in [-0.15, -0.1) is 0 Å². The molecule has 0 aliphatic rings. The molecule has 0 N–H and O–H groups in total. The average molecular weight is 373 g/mol. The largest absolute Gasteiger partial charge is 0.282 e. The highest BCUT2D eigenvalue weighted by Gasteiger charge is 2.14. The Kier molecular flexibility index (Phi) is 4.27. The number of hydrogen-bond acceptors (Lipinski definition) is 4. The van der Waals surface area contributed by atoms with Crippen molar-refractivity contribution in [3.05, 3.63) is 92.4 Å². The number of aromatic nitrogens is 4. The summed E-state index contributed by atoms with van der Waals surface area (Å²) in [5.74, 6) is 0.477. The minimum atomic E-state index is -0.246. The van der Waals surface area contributed by atoms with Crippen LogP contribution in [0, 0.1) is 13.8 Å². The Hall–Kier alpha value is -3.74. The highest BCUT2D eigenvalue weighted by atomic mass is 16.1. The van der Waals surface area contributed by atoms with E-state index >= 15 is 0 Å². The Labute approximate surface area is 160 Å². The number of para-hydroxylation sites is 2. The summed E-state index contributed by atoms with van der Waals surface area (Å²) in [6, 6.07) is 16.5. The Morgan fingerprint density at radius 2 is 1.61 bits per heavy atom. The molecule has 140 valence electrons. The maximum atomic E-state index is 12.8. The monoisotopic (exact) mass is 373 g/mol. The van der Waals surface area contributed by atoms with Gasteiger partial charge in [0.15, 0.2) is 0 Å². The van der Waals surface area contributed by atoms with E-state index in [-0.39, 0.29) is 11.1 Å². The lowest BCUT2D eigenvalue weighted by atomic mass is 10.2. The van der Waals surface area contributed by atoms with Gasteiger partial charge in [-0.1, -0.05) is 30.3 Å². The van der Waals surface area contributed by atoms with E-state index in [1.165, 1.54) is 10.9 Å². The summed E-state index contributed by atoms with van der Waals surface area (Å²) in [6.45, 7) is 3.48. The van der Waals surface area contributed by atoms with Crippen LogP contribution in [0.5, 0.6) is 0 Å². The number of rotatable bonds is 3. The third-order valence-corrected chi connectivity index (χ3v) is 4.76. The highest BCUT2D eigenvalue weighted by Crippen LogP contribution is 2.10. The van der Waals surface area contributed by atoms with Crippen LogP contribution < -0.4 is 11.1 Å². The van der Waals surface area contributed by atoms with E-state index in [1.54, 1.807) is 48.5 Å². The number of hydrogen-bond donors (Lipinski definition) is 0. The van der Waals surface area contributed by atoms with Crippen LogP contribution in [0.3, 0.4) is 0 Å². The molecule has 2 heterocycles. The summed E-state index contributed by atoms with van der Waals surface area (Å²) in [6.07, 6.45) is 1.53. The Morgan fingerprint density at radius 3 is 2.36 bits per heavy atom. The van der Waals surface area contributed by atoms with Crippen LogP contribution in [-0.2, 0) is 7.05 Å². The van der Waals surface area contributed by atoms with Crippen LogP contribution in [0.15, 0.2) is 69.3 Å². The second kappa shape index (κ2) is 6.77. The van der Waals surface area contributed by atoms with Crippen LogP contribution in [-0.4, -0.2) is 25.2 Å². The third-order valence-electron chi connectivity index (χ3n) is 4.76. The molecule has 0 aliphatic heterocycles. The van der Waals surface area contributed by atoms with Gasteiger partial charge in [-0.05, 0) is 38.1 Å². The zero-order valence-electron chi connectivity index (χ0n) is 15.8. The van der Waals surface area contributed by atoms with Gasteiger partial charge < -0.3 is 0 Å². The smallest absolute Gasteiger partial charge is 0.279 e. The van der Waals surface area contributed by atoms with Gasteiger partial charge in [0.25, 0.3) is 11.1 Å². The van der Waals surface area contributed by atoms with E-state index in [0.29, 0.717) is 28.0 Å². The van der Waals surface area contributed by atoms with Crippen molar-refractivity contribution in [1.82, 2.24) is 19.0 Å². The molecule has 0 bridgehead atoms. The van der Waals surface area contributed by atoms with Gasteiger partial charge in [-0.3, -0.25) is 14.3 Å². The topological polar surface area (TPSA) is 74.2 Å². The molecule has 4 rings (SSSR count). The number of benzene rings is 2. The first-order valence-corrected chi connectivity index (χ1v) is 8.86. The van der Waals surface area contributed by atoms with Gasteiger partial charge in [0.05, 0.1) is 28.5 Å². The first kappa shape index (κ1) is 17.7. The lowest BCUT2D eigenvalue weighted by molar-refractivity contribution is 0.642. The quantitative estimate of drug-likeness (QED) is 0.518. The number of nitrogens with zero attached hydrogens (tertiary/aromatic N) is 5. The lowest BCUT2D eigenvalue weighted by Crippen LogP contribution is -2.21. The molecule has 0 aliphatic carbocycles. The maximum Gasteiger partial charge on any atom is 0.282 e. The van der Waals surface area contributed by atoms with Gasteiger partial charge in [0.1, 0.15) is 5.82 Å². The van der Waals surface area contributed by atoms with E-state index in [0.717, 1.165) is 5.69 Å². The molecule has 7 heteroatoms.